The lowest BCUT2D eigenvalue weighted by molar-refractivity contribution is 0.163. The third-order valence-electron chi connectivity index (χ3n) is 3.91. The van der Waals surface area contributed by atoms with Crippen molar-refractivity contribution in [3.8, 4) is 0 Å². The number of aromatic nitrogens is 2. The Hall–Kier alpha value is -1.09. The second-order valence-electron chi connectivity index (χ2n) is 4.94. The third kappa shape index (κ3) is 1.92. The van der Waals surface area contributed by atoms with E-state index in [1.165, 1.54) is 19.3 Å². The van der Waals surface area contributed by atoms with Gasteiger partial charge in [0.2, 0.25) is 0 Å². The van der Waals surface area contributed by atoms with Crippen LogP contribution in [0.5, 0.6) is 0 Å². The number of aryl methyl sites for hydroxylation is 1. The molecule has 3 rings (SSSR count). The minimum atomic E-state index is 0.750. The monoisotopic (exact) mass is 217 g/mol. The zero-order valence-corrected chi connectivity index (χ0v) is 9.52. The van der Waals surface area contributed by atoms with Gasteiger partial charge in [0.15, 0.2) is 0 Å². The van der Waals surface area contributed by atoms with Crippen LogP contribution >= 0.6 is 0 Å². The molecule has 16 heavy (non-hydrogen) atoms. The molecule has 0 spiro atoms. The molecule has 0 aromatic carbocycles. The maximum absolute atomic E-state index is 4.23. The molecule has 86 valence electrons. The molecule has 0 amide bonds. The van der Waals surface area contributed by atoms with Crippen LogP contribution in [-0.4, -0.2) is 22.6 Å². The molecule has 0 aliphatic heterocycles. The maximum Gasteiger partial charge on any atom is 0.106 e. The minimum absolute atomic E-state index is 0.750. The molecule has 1 fully saturated rings. The van der Waals surface area contributed by atoms with Crippen molar-refractivity contribution in [3.05, 3.63) is 30.4 Å². The lowest BCUT2D eigenvalue weighted by atomic mass is 9.71. The van der Waals surface area contributed by atoms with Gasteiger partial charge in [-0.1, -0.05) is 12.2 Å². The van der Waals surface area contributed by atoms with Gasteiger partial charge in [0.25, 0.3) is 0 Å². The van der Waals surface area contributed by atoms with E-state index >= 15 is 0 Å². The molecule has 3 unspecified atom stereocenters. The number of rotatable bonds is 5. The Morgan fingerprint density at radius 3 is 3.31 bits per heavy atom. The molecule has 0 radical (unpaired) electrons. The average Bonchev–Trinajstić information content (AvgIpc) is 2.88. The molecule has 0 bridgehead atoms. The van der Waals surface area contributed by atoms with E-state index in [1.807, 2.05) is 12.4 Å². The highest BCUT2D eigenvalue weighted by molar-refractivity contribution is 5.12. The number of aromatic amines is 1. The van der Waals surface area contributed by atoms with Gasteiger partial charge in [0, 0.05) is 24.9 Å². The van der Waals surface area contributed by atoms with Crippen LogP contribution < -0.4 is 5.32 Å². The zero-order valence-electron chi connectivity index (χ0n) is 9.52. The van der Waals surface area contributed by atoms with Crippen LogP contribution in [0.1, 0.15) is 25.1 Å². The van der Waals surface area contributed by atoms with Gasteiger partial charge >= 0.3 is 0 Å². The van der Waals surface area contributed by atoms with Crippen molar-refractivity contribution in [2.45, 2.75) is 31.7 Å². The standard InChI is InChI=1S/C13H19N3/c1-3-10-9-12(11(10)4-1)14-6-2-5-13-15-7-8-16-13/h1,4,7-8,10-12,14H,2-3,5-6,9H2,(H,15,16). The van der Waals surface area contributed by atoms with Gasteiger partial charge in [0.05, 0.1) is 0 Å². The second-order valence-corrected chi connectivity index (χ2v) is 4.94. The number of hydrogen-bond donors (Lipinski definition) is 2. The minimum Gasteiger partial charge on any atom is -0.349 e. The van der Waals surface area contributed by atoms with E-state index in [0.29, 0.717) is 0 Å². The molecule has 2 aliphatic carbocycles. The Bertz CT molecular complexity index is 355. The Labute approximate surface area is 96.4 Å². The molecular weight excluding hydrogens is 198 g/mol. The van der Waals surface area contributed by atoms with Crippen molar-refractivity contribution in [3.63, 3.8) is 0 Å². The topological polar surface area (TPSA) is 40.7 Å². The van der Waals surface area contributed by atoms with Crippen molar-refractivity contribution in [2.24, 2.45) is 11.8 Å². The van der Waals surface area contributed by atoms with E-state index in [-0.39, 0.29) is 0 Å². The fraction of sp³-hybridized carbons (Fsp3) is 0.615. The van der Waals surface area contributed by atoms with Crippen molar-refractivity contribution in [2.75, 3.05) is 6.54 Å². The van der Waals surface area contributed by atoms with Crippen LogP contribution in [0.15, 0.2) is 24.5 Å². The molecule has 1 aromatic rings. The van der Waals surface area contributed by atoms with Crippen molar-refractivity contribution in [1.82, 2.24) is 15.3 Å². The van der Waals surface area contributed by atoms with Crippen LogP contribution in [-0.2, 0) is 6.42 Å². The fourth-order valence-corrected chi connectivity index (χ4v) is 2.93. The highest BCUT2D eigenvalue weighted by Gasteiger charge is 2.40. The first-order valence-corrected chi connectivity index (χ1v) is 6.32. The average molecular weight is 217 g/mol. The molecular formula is C13H19N3. The number of imidazole rings is 1. The molecule has 2 N–H and O–H groups in total. The number of nitrogens with zero attached hydrogens (tertiary/aromatic N) is 1. The third-order valence-corrected chi connectivity index (χ3v) is 3.91. The maximum atomic E-state index is 4.23. The summed E-state index contributed by atoms with van der Waals surface area (Å²) < 4.78 is 0. The van der Waals surface area contributed by atoms with Gasteiger partial charge in [-0.05, 0) is 37.6 Å². The molecule has 1 heterocycles. The van der Waals surface area contributed by atoms with Gasteiger partial charge in [-0.25, -0.2) is 4.98 Å². The van der Waals surface area contributed by atoms with Gasteiger partial charge < -0.3 is 10.3 Å². The molecule has 3 nitrogen and oxygen atoms in total. The smallest absolute Gasteiger partial charge is 0.106 e. The Kier molecular flexibility index (Phi) is 2.79. The highest BCUT2D eigenvalue weighted by atomic mass is 14.9. The van der Waals surface area contributed by atoms with Gasteiger partial charge in [-0.3, -0.25) is 0 Å². The van der Waals surface area contributed by atoms with E-state index in [2.05, 4.69) is 27.4 Å². The summed E-state index contributed by atoms with van der Waals surface area (Å²) in [5.74, 6) is 2.90. The Morgan fingerprint density at radius 2 is 2.50 bits per heavy atom. The summed E-state index contributed by atoms with van der Waals surface area (Å²) in [5, 5.41) is 3.66. The largest absolute Gasteiger partial charge is 0.349 e. The van der Waals surface area contributed by atoms with Crippen LogP contribution in [0.3, 0.4) is 0 Å². The van der Waals surface area contributed by atoms with E-state index in [1.54, 1.807) is 0 Å². The van der Waals surface area contributed by atoms with E-state index < -0.39 is 0 Å². The fourth-order valence-electron chi connectivity index (χ4n) is 2.93. The summed E-state index contributed by atoms with van der Waals surface area (Å²) in [6, 6.07) is 0.750. The van der Waals surface area contributed by atoms with Crippen LogP contribution in [0.25, 0.3) is 0 Å². The summed E-state index contributed by atoms with van der Waals surface area (Å²) in [6.45, 7) is 1.11. The van der Waals surface area contributed by atoms with Crippen molar-refractivity contribution < 1.29 is 0 Å². The quantitative estimate of drug-likeness (QED) is 0.584. The number of nitrogens with one attached hydrogen (secondary N) is 2. The van der Waals surface area contributed by atoms with E-state index in [0.717, 1.165) is 36.7 Å². The van der Waals surface area contributed by atoms with Crippen molar-refractivity contribution in [1.29, 1.82) is 0 Å². The Morgan fingerprint density at radius 1 is 1.50 bits per heavy atom. The first-order valence-electron chi connectivity index (χ1n) is 6.32. The number of fused-ring (bicyclic) bond motifs is 1. The number of allylic oxidation sites excluding steroid dienone is 1. The predicted molar refractivity (Wildman–Crippen MR) is 64.1 cm³/mol. The first kappa shape index (κ1) is 10.1. The van der Waals surface area contributed by atoms with E-state index in [9.17, 15) is 0 Å². The summed E-state index contributed by atoms with van der Waals surface area (Å²) in [4.78, 5) is 7.37. The summed E-state index contributed by atoms with van der Waals surface area (Å²) in [6.07, 6.45) is 13.4. The zero-order chi connectivity index (χ0) is 10.8. The second kappa shape index (κ2) is 4.42. The molecule has 1 saturated carbocycles. The first-order chi connectivity index (χ1) is 7.93. The molecule has 3 atom stereocenters. The summed E-state index contributed by atoms with van der Waals surface area (Å²) in [7, 11) is 0. The predicted octanol–water partition coefficient (Wildman–Crippen LogP) is 1.90. The lowest BCUT2D eigenvalue weighted by Crippen LogP contribution is -2.48. The number of hydrogen-bond acceptors (Lipinski definition) is 2. The molecule has 2 aliphatic rings. The van der Waals surface area contributed by atoms with Gasteiger partial charge in [-0.15, -0.1) is 0 Å². The summed E-state index contributed by atoms with van der Waals surface area (Å²) in [5.41, 5.74) is 0. The number of H-pyrrole nitrogens is 1. The van der Waals surface area contributed by atoms with Crippen LogP contribution in [0, 0.1) is 11.8 Å². The highest BCUT2D eigenvalue weighted by Crippen LogP contribution is 2.42. The normalized spacial score (nSPS) is 31.4. The SMILES string of the molecule is C1=CC2C(C1)CC2NCCCc1ncc[nH]1. The molecule has 3 heteroatoms. The lowest BCUT2D eigenvalue weighted by Gasteiger charge is -2.40. The van der Waals surface area contributed by atoms with Crippen LogP contribution in [0.4, 0.5) is 0 Å². The van der Waals surface area contributed by atoms with Crippen LogP contribution in [0.2, 0.25) is 0 Å². The summed E-state index contributed by atoms with van der Waals surface area (Å²) >= 11 is 0. The van der Waals surface area contributed by atoms with E-state index in [4.69, 9.17) is 0 Å². The Balaban J connectivity index is 1.34. The molecule has 1 aromatic heterocycles. The molecule has 0 saturated heterocycles. The van der Waals surface area contributed by atoms with Gasteiger partial charge in [0.1, 0.15) is 5.82 Å². The van der Waals surface area contributed by atoms with Gasteiger partial charge in [-0.2, -0.15) is 0 Å². The van der Waals surface area contributed by atoms with Crippen molar-refractivity contribution >= 4 is 0 Å².